The highest BCUT2D eigenvalue weighted by Crippen LogP contribution is 2.28. The van der Waals surface area contributed by atoms with Crippen LogP contribution in [0.1, 0.15) is 10.4 Å². The number of phenolic OH excluding ortho intramolecular Hbond substituents is 1. The summed E-state index contributed by atoms with van der Waals surface area (Å²) >= 11 is 0. The van der Waals surface area contributed by atoms with E-state index < -0.39 is 5.91 Å². The summed E-state index contributed by atoms with van der Waals surface area (Å²) in [6, 6.07) is 4.62. The lowest BCUT2D eigenvalue weighted by atomic mass is 10.1. The van der Waals surface area contributed by atoms with Crippen LogP contribution in [0.4, 0.5) is 0 Å². The standard InChI is InChI=1S/C10H12N4O3/c1-17-8-4-2-3-7(9(8)15)10(16)12-5-6-13-14-11/h2-4,15H,5-6H2,1H3,(H,12,16). The quantitative estimate of drug-likeness (QED) is 0.349. The molecule has 0 aliphatic heterocycles. The van der Waals surface area contributed by atoms with Crippen LogP contribution >= 0.6 is 0 Å². The SMILES string of the molecule is COc1cccc(C(=O)NCCN=[N+]=[N-])c1O. The van der Waals surface area contributed by atoms with Crippen molar-refractivity contribution in [2.45, 2.75) is 0 Å². The van der Waals surface area contributed by atoms with Crippen molar-refractivity contribution in [2.75, 3.05) is 20.2 Å². The number of rotatable bonds is 5. The van der Waals surface area contributed by atoms with Gasteiger partial charge >= 0.3 is 0 Å². The number of hydrogen-bond donors (Lipinski definition) is 2. The highest BCUT2D eigenvalue weighted by Gasteiger charge is 2.13. The molecule has 1 rings (SSSR count). The van der Waals surface area contributed by atoms with Crippen LogP contribution in [-0.4, -0.2) is 31.2 Å². The van der Waals surface area contributed by atoms with Gasteiger partial charge in [0.15, 0.2) is 11.5 Å². The Balaban J connectivity index is 2.72. The van der Waals surface area contributed by atoms with E-state index in [1.54, 1.807) is 12.1 Å². The van der Waals surface area contributed by atoms with Crippen molar-refractivity contribution >= 4 is 5.91 Å². The lowest BCUT2D eigenvalue weighted by molar-refractivity contribution is 0.0951. The van der Waals surface area contributed by atoms with Gasteiger partial charge in [-0.15, -0.1) is 0 Å². The molecule has 2 N–H and O–H groups in total. The number of phenols is 1. The summed E-state index contributed by atoms with van der Waals surface area (Å²) in [6.07, 6.45) is 0. The van der Waals surface area contributed by atoms with E-state index in [2.05, 4.69) is 15.3 Å². The Hall–Kier alpha value is -2.40. The molecule has 0 aliphatic carbocycles. The van der Waals surface area contributed by atoms with E-state index in [9.17, 15) is 9.90 Å². The molecular weight excluding hydrogens is 224 g/mol. The molecule has 90 valence electrons. The zero-order chi connectivity index (χ0) is 12.7. The van der Waals surface area contributed by atoms with Gasteiger partial charge in [0.05, 0.1) is 12.7 Å². The molecule has 0 saturated heterocycles. The van der Waals surface area contributed by atoms with Crippen LogP contribution in [0.5, 0.6) is 11.5 Å². The molecule has 0 fully saturated rings. The van der Waals surface area contributed by atoms with Crippen molar-refractivity contribution in [3.63, 3.8) is 0 Å². The average Bonchev–Trinajstić information content (AvgIpc) is 2.34. The average molecular weight is 236 g/mol. The van der Waals surface area contributed by atoms with Gasteiger partial charge in [-0.3, -0.25) is 4.79 Å². The molecule has 0 aromatic heterocycles. The Labute approximate surface area is 97.6 Å². The van der Waals surface area contributed by atoms with E-state index in [-0.39, 0.29) is 30.2 Å². The monoisotopic (exact) mass is 236 g/mol. The van der Waals surface area contributed by atoms with Gasteiger partial charge in [-0.2, -0.15) is 0 Å². The van der Waals surface area contributed by atoms with Gasteiger partial charge in [0, 0.05) is 18.0 Å². The van der Waals surface area contributed by atoms with E-state index in [0.717, 1.165) is 0 Å². The van der Waals surface area contributed by atoms with Crippen LogP contribution in [0.3, 0.4) is 0 Å². The van der Waals surface area contributed by atoms with Gasteiger partial charge in [-0.25, -0.2) is 0 Å². The molecule has 7 nitrogen and oxygen atoms in total. The second-order valence-electron chi connectivity index (χ2n) is 3.07. The molecule has 0 aliphatic rings. The Morgan fingerprint density at radius 2 is 2.41 bits per heavy atom. The number of carbonyl (C=O) groups is 1. The van der Waals surface area contributed by atoms with Crippen LogP contribution in [0.25, 0.3) is 10.4 Å². The van der Waals surface area contributed by atoms with Crippen molar-refractivity contribution in [3.05, 3.63) is 34.2 Å². The molecule has 0 atom stereocenters. The first-order valence-corrected chi connectivity index (χ1v) is 4.85. The summed E-state index contributed by atoms with van der Waals surface area (Å²) in [4.78, 5) is 14.2. The normalized spacial score (nSPS) is 9.24. The van der Waals surface area contributed by atoms with E-state index in [1.807, 2.05) is 0 Å². The maximum absolute atomic E-state index is 11.6. The Morgan fingerprint density at radius 1 is 1.65 bits per heavy atom. The van der Waals surface area contributed by atoms with Crippen molar-refractivity contribution in [3.8, 4) is 11.5 Å². The third kappa shape index (κ3) is 3.29. The molecule has 0 spiro atoms. The van der Waals surface area contributed by atoms with Crippen LogP contribution in [-0.2, 0) is 0 Å². The van der Waals surface area contributed by atoms with Crippen LogP contribution in [0.2, 0.25) is 0 Å². The van der Waals surface area contributed by atoms with Crippen LogP contribution in [0, 0.1) is 0 Å². The third-order valence-corrected chi connectivity index (χ3v) is 2.02. The Kier molecular flexibility index (Phi) is 4.65. The zero-order valence-electron chi connectivity index (χ0n) is 9.25. The molecular formula is C10H12N4O3. The molecule has 0 bridgehead atoms. The fourth-order valence-electron chi connectivity index (χ4n) is 1.23. The molecule has 0 saturated carbocycles. The summed E-state index contributed by atoms with van der Waals surface area (Å²) in [5.74, 6) is -0.432. The number of benzene rings is 1. The van der Waals surface area contributed by atoms with Gasteiger partial charge in [0.25, 0.3) is 5.91 Å². The second kappa shape index (κ2) is 6.24. The first kappa shape index (κ1) is 12.7. The van der Waals surface area contributed by atoms with E-state index >= 15 is 0 Å². The van der Waals surface area contributed by atoms with Gasteiger partial charge in [0.1, 0.15) is 0 Å². The Morgan fingerprint density at radius 3 is 3.06 bits per heavy atom. The summed E-state index contributed by atoms with van der Waals surface area (Å²) in [5.41, 5.74) is 8.17. The molecule has 0 heterocycles. The van der Waals surface area contributed by atoms with Gasteiger partial charge in [-0.1, -0.05) is 11.2 Å². The van der Waals surface area contributed by atoms with E-state index in [0.29, 0.717) is 0 Å². The number of methoxy groups -OCH3 is 1. The van der Waals surface area contributed by atoms with E-state index in [1.165, 1.54) is 13.2 Å². The first-order valence-electron chi connectivity index (χ1n) is 4.85. The minimum atomic E-state index is -0.450. The van der Waals surface area contributed by atoms with Gasteiger partial charge in [-0.05, 0) is 17.7 Å². The maximum Gasteiger partial charge on any atom is 0.255 e. The predicted octanol–water partition coefficient (Wildman–Crippen LogP) is 1.44. The topological polar surface area (TPSA) is 107 Å². The lowest BCUT2D eigenvalue weighted by Gasteiger charge is -2.08. The molecule has 0 unspecified atom stereocenters. The number of ether oxygens (including phenoxy) is 1. The first-order chi connectivity index (χ1) is 8.20. The molecule has 0 radical (unpaired) electrons. The van der Waals surface area contributed by atoms with Crippen molar-refractivity contribution in [1.29, 1.82) is 0 Å². The highest BCUT2D eigenvalue weighted by molar-refractivity contribution is 5.97. The number of para-hydroxylation sites is 1. The molecule has 17 heavy (non-hydrogen) atoms. The largest absolute Gasteiger partial charge is 0.504 e. The van der Waals surface area contributed by atoms with Crippen molar-refractivity contribution in [1.82, 2.24) is 5.32 Å². The number of carbonyl (C=O) groups excluding carboxylic acids is 1. The minimum absolute atomic E-state index is 0.116. The highest BCUT2D eigenvalue weighted by atomic mass is 16.5. The summed E-state index contributed by atoms with van der Waals surface area (Å²) in [7, 11) is 1.40. The number of aromatic hydroxyl groups is 1. The lowest BCUT2D eigenvalue weighted by Crippen LogP contribution is -2.26. The fourth-order valence-corrected chi connectivity index (χ4v) is 1.23. The second-order valence-corrected chi connectivity index (χ2v) is 3.07. The summed E-state index contributed by atoms with van der Waals surface area (Å²) < 4.78 is 4.88. The number of nitrogens with one attached hydrogen (secondary N) is 1. The van der Waals surface area contributed by atoms with Crippen LogP contribution in [0.15, 0.2) is 23.3 Å². The summed E-state index contributed by atoms with van der Waals surface area (Å²) in [6.45, 7) is 0.368. The molecule has 7 heteroatoms. The van der Waals surface area contributed by atoms with Crippen molar-refractivity contribution in [2.24, 2.45) is 5.11 Å². The van der Waals surface area contributed by atoms with Crippen LogP contribution < -0.4 is 10.1 Å². The fraction of sp³-hybridized carbons (Fsp3) is 0.300. The number of nitrogens with zero attached hydrogens (tertiary/aromatic N) is 3. The number of azide groups is 1. The van der Waals surface area contributed by atoms with Gasteiger partial charge in [0.2, 0.25) is 0 Å². The third-order valence-electron chi connectivity index (χ3n) is 2.02. The van der Waals surface area contributed by atoms with Crippen molar-refractivity contribution < 1.29 is 14.6 Å². The predicted molar refractivity (Wildman–Crippen MR) is 61.0 cm³/mol. The van der Waals surface area contributed by atoms with E-state index in [4.69, 9.17) is 10.3 Å². The molecule has 1 aromatic rings. The minimum Gasteiger partial charge on any atom is -0.504 e. The summed E-state index contributed by atoms with van der Waals surface area (Å²) in [5, 5.41) is 15.5. The zero-order valence-corrected chi connectivity index (χ0v) is 9.25. The number of amides is 1. The Bertz CT molecular complexity index is 455. The molecule has 1 amide bonds. The van der Waals surface area contributed by atoms with Gasteiger partial charge < -0.3 is 15.2 Å². The molecule has 1 aromatic carbocycles. The number of hydrogen-bond acceptors (Lipinski definition) is 4. The smallest absolute Gasteiger partial charge is 0.255 e. The maximum atomic E-state index is 11.6.